The van der Waals surface area contributed by atoms with E-state index < -0.39 is 0 Å². The van der Waals surface area contributed by atoms with Crippen LogP contribution in [0.5, 0.6) is 5.75 Å². The first-order valence-electron chi connectivity index (χ1n) is 7.79. The lowest BCUT2D eigenvalue weighted by Gasteiger charge is -2.24. The molecule has 2 aromatic heterocycles. The molecule has 3 heterocycles. The maximum atomic E-state index is 12.9. The van der Waals surface area contributed by atoms with E-state index in [4.69, 9.17) is 4.74 Å². The molecule has 4 nitrogen and oxygen atoms in total. The molecule has 1 aliphatic heterocycles. The molecule has 1 N–H and O–H groups in total. The highest BCUT2D eigenvalue weighted by atomic mass is 32.1. The smallest absolute Gasteiger partial charge is 0.283 e. The van der Waals surface area contributed by atoms with Crippen molar-refractivity contribution in [2.45, 2.75) is 6.04 Å². The second kappa shape index (κ2) is 6.74. The molecule has 0 radical (unpaired) electrons. The molecule has 0 fully saturated rings. The van der Waals surface area contributed by atoms with Crippen molar-refractivity contribution in [2.24, 2.45) is 0 Å². The number of carbonyl (C=O) groups excluding carboxylic acids is 1. The fraction of sp³-hybridized carbons (Fsp3) is 0.105. The molecule has 4 rings (SSSR count). The molecule has 0 saturated heterocycles. The predicted octanol–water partition coefficient (Wildman–Crippen LogP) is 4.56. The summed E-state index contributed by atoms with van der Waals surface area (Å²) in [6, 6.07) is 15.5. The lowest BCUT2D eigenvalue weighted by molar-refractivity contribution is 0.0680. The van der Waals surface area contributed by atoms with Crippen molar-refractivity contribution in [2.75, 3.05) is 7.11 Å². The van der Waals surface area contributed by atoms with Gasteiger partial charge in [0, 0.05) is 10.4 Å². The summed E-state index contributed by atoms with van der Waals surface area (Å²) >= 11 is 3.09. The number of methoxy groups -OCH3 is 1. The maximum Gasteiger partial charge on any atom is 0.283 e. The molecular formula is C19H16N2O2S2. The Balaban J connectivity index is 1.70. The number of benzene rings is 1. The highest BCUT2D eigenvalue weighted by Gasteiger charge is 2.32. The number of nitrogens with zero attached hydrogens (tertiary/aromatic N) is 1. The van der Waals surface area contributed by atoms with Crippen molar-refractivity contribution in [1.82, 2.24) is 10.4 Å². The number of hydrazine groups is 1. The number of carbonyl (C=O) groups is 1. The fourth-order valence-corrected chi connectivity index (χ4v) is 4.23. The number of thiophene rings is 2. The molecule has 126 valence electrons. The highest BCUT2D eigenvalue weighted by molar-refractivity contribution is 7.12. The van der Waals surface area contributed by atoms with Crippen LogP contribution in [0.3, 0.4) is 0 Å². The Morgan fingerprint density at radius 3 is 2.68 bits per heavy atom. The van der Waals surface area contributed by atoms with Crippen LogP contribution in [0.1, 0.15) is 26.2 Å². The van der Waals surface area contributed by atoms with E-state index in [0.29, 0.717) is 4.88 Å². The number of nitrogens with one attached hydrogen (secondary N) is 1. The Bertz CT molecular complexity index is 901. The van der Waals surface area contributed by atoms with Gasteiger partial charge in [0.2, 0.25) is 0 Å². The Labute approximate surface area is 154 Å². The molecule has 1 unspecified atom stereocenters. The van der Waals surface area contributed by atoms with Crippen LogP contribution in [-0.4, -0.2) is 18.0 Å². The first kappa shape index (κ1) is 15.9. The molecule has 1 atom stereocenters. The summed E-state index contributed by atoms with van der Waals surface area (Å²) in [5.74, 6) is 0.762. The summed E-state index contributed by atoms with van der Waals surface area (Å²) in [6.07, 6.45) is 2.09. The molecule has 0 saturated carbocycles. The van der Waals surface area contributed by atoms with Crippen molar-refractivity contribution in [1.29, 1.82) is 0 Å². The van der Waals surface area contributed by atoms with Gasteiger partial charge in [-0.15, -0.1) is 22.7 Å². The minimum atomic E-state index is -0.129. The van der Waals surface area contributed by atoms with E-state index in [1.165, 1.54) is 11.3 Å². The van der Waals surface area contributed by atoms with Gasteiger partial charge in [0.15, 0.2) is 0 Å². The van der Waals surface area contributed by atoms with Crippen LogP contribution in [-0.2, 0) is 0 Å². The van der Waals surface area contributed by atoms with E-state index in [1.807, 2.05) is 53.2 Å². The first-order valence-corrected chi connectivity index (χ1v) is 9.55. The van der Waals surface area contributed by atoms with Crippen LogP contribution in [0.2, 0.25) is 0 Å². The van der Waals surface area contributed by atoms with E-state index in [0.717, 1.165) is 21.9 Å². The average molecular weight is 368 g/mol. The van der Waals surface area contributed by atoms with Gasteiger partial charge >= 0.3 is 0 Å². The molecule has 25 heavy (non-hydrogen) atoms. The highest BCUT2D eigenvalue weighted by Crippen LogP contribution is 2.35. The molecule has 1 aromatic carbocycles. The van der Waals surface area contributed by atoms with E-state index in [1.54, 1.807) is 23.5 Å². The topological polar surface area (TPSA) is 41.6 Å². The Kier molecular flexibility index (Phi) is 4.29. The number of amides is 1. The normalized spacial score (nSPS) is 16.4. The van der Waals surface area contributed by atoms with Gasteiger partial charge in [-0.05, 0) is 41.1 Å². The second-order valence-corrected chi connectivity index (χ2v) is 7.46. The van der Waals surface area contributed by atoms with Gasteiger partial charge < -0.3 is 4.74 Å². The second-order valence-electron chi connectivity index (χ2n) is 5.54. The van der Waals surface area contributed by atoms with E-state index in [9.17, 15) is 4.79 Å². The number of ether oxygens (including phenoxy) is 1. The first-order chi connectivity index (χ1) is 12.3. The summed E-state index contributed by atoms with van der Waals surface area (Å²) in [7, 11) is 1.65. The Morgan fingerprint density at radius 1 is 1.12 bits per heavy atom. The quantitative estimate of drug-likeness (QED) is 0.734. The van der Waals surface area contributed by atoms with Crippen LogP contribution < -0.4 is 10.2 Å². The Morgan fingerprint density at radius 2 is 1.96 bits per heavy atom. The van der Waals surface area contributed by atoms with E-state index >= 15 is 0 Å². The van der Waals surface area contributed by atoms with Crippen molar-refractivity contribution < 1.29 is 9.53 Å². The van der Waals surface area contributed by atoms with Gasteiger partial charge in [-0.2, -0.15) is 0 Å². The van der Waals surface area contributed by atoms with Crippen LogP contribution >= 0.6 is 22.7 Å². The molecule has 3 aromatic rings. The van der Waals surface area contributed by atoms with Crippen LogP contribution in [0, 0.1) is 0 Å². The van der Waals surface area contributed by atoms with Gasteiger partial charge in [0.05, 0.1) is 17.7 Å². The van der Waals surface area contributed by atoms with Crippen LogP contribution in [0.25, 0.3) is 5.70 Å². The summed E-state index contributed by atoms with van der Waals surface area (Å²) < 4.78 is 5.31. The van der Waals surface area contributed by atoms with Gasteiger partial charge in [-0.1, -0.05) is 24.3 Å². The monoisotopic (exact) mass is 368 g/mol. The van der Waals surface area contributed by atoms with Crippen molar-refractivity contribution in [3.63, 3.8) is 0 Å². The van der Waals surface area contributed by atoms with Crippen molar-refractivity contribution in [3.05, 3.63) is 80.7 Å². The average Bonchev–Trinajstić information content (AvgIpc) is 3.42. The third-order valence-corrected chi connectivity index (χ3v) is 5.81. The summed E-state index contributed by atoms with van der Waals surface area (Å²) in [4.78, 5) is 14.8. The molecule has 1 aliphatic rings. The standard InChI is InChI=1S/C19H16N2O2S2/c1-23-14-6-2-5-13(11-14)15-12-16(17-7-3-9-24-17)21(20-15)19(22)18-8-4-10-25-18/h2-12,16,20H,1H3. The molecule has 0 spiro atoms. The minimum absolute atomic E-state index is 0.0254. The van der Waals surface area contributed by atoms with E-state index in [2.05, 4.69) is 17.6 Å². The number of hydrogen-bond acceptors (Lipinski definition) is 5. The zero-order chi connectivity index (χ0) is 17.2. The summed E-state index contributed by atoms with van der Waals surface area (Å²) in [5, 5.41) is 5.65. The van der Waals surface area contributed by atoms with Crippen LogP contribution in [0.4, 0.5) is 0 Å². The van der Waals surface area contributed by atoms with Crippen LogP contribution in [0.15, 0.2) is 65.4 Å². The van der Waals surface area contributed by atoms with Gasteiger partial charge in [0.1, 0.15) is 11.8 Å². The SMILES string of the molecule is COc1cccc(C2=CC(c3cccs3)N(C(=O)c3cccs3)N2)c1. The zero-order valence-electron chi connectivity index (χ0n) is 13.5. The van der Waals surface area contributed by atoms with Crippen molar-refractivity contribution in [3.8, 4) is 5.75 Å². The van der Waals surface area contributed by atoms with Gasteiger partial charge in [-0.25, -0.2) is 5.01 Å². The lowest BCUT2D eigenvalue weighted by atomic mass is 10.1. The van der Waals surface area contributed by atoms with Gasteiger partial charge in [-0.3, -0.25) is 10.2 Å². The maximum absolute atomic E-state index is 12.9. The molecule has 1 amide bonds. The lowest BCUT2D eigenvalue weighted by Crippen LogP contribution is -2.38. The molecular weight excluding hydrogens is 352 g/mol. The number of rotatable bonds is 4. The third kappa shape index (κ3) is 3.06. The summed E-state index contributed by atoms with van der Waals surface area (Å²) in [6.45, 7) is 0. The Hall–Kier alpha value is -2.57. The molecule has 0 aliphatic carbocycles. The minimum Gasteiger partial charge on any atom is -0.497 e. The fourth-order valence-electron chi connectivity index (χ4n) is 2.79. The number of hydrogen-bond donors (Lipinski definition) is 1. The predicted molar refractivity (Wildman–Crippen MR) is 102 cm³/mol. The van der Waals surface area contributed by atoms with Crippen molar-refractivity contribution >= 4 is 34.3 Å². The van der Waals surface area contributed by atoms with Gasteiger partial charge in [0.25, 0.3) is 5.91 Å². The molecule has 0 bridgehead atoms. The van der Waals surface area contributed by atoms with E-state index in [-0.39, 0.29) is 11.9 Å². The zero-order valence-corrected chi connectivity index (χ0v) is 15.1. The largest absolute Gasteiger partial charge is 0.497 e. The molecule has 6 heteroatoms. The third-order valence-electron chi connectivity index (χ3n) is 4.01. The summed E-state index contributed by atoms with van der Waals surface area (Å²) in [5.41, 5.74) is 5.18.